The van der Waals surface area contributed by atoms with Crippen LogP contribution in [-0.2, 0) is 11.3 Å². The van der Waals surface area contributed by atoms with Crippen molar-refractivity contribution in [2.45, 2.75) is 38.0 Å². The molecule has 29 heavy (non-hydrogen) atoms. The van der Waals surface area contributed by atoms with Gasteiger partial charge in [-0.1, -0.05) is 54.2 Å². The molecule has 0 aliphatic rings. The first-order chi connectivity index (χ1) is 14.0. The van der Waals surface area contributed by atoms with Gasteiger partial charge in [0.05, 0.1) is 18.3 Å². The third-order valence-electron chi connectivity index (χ3n) is 4.46. The molecule has 0 saturated carbocycles. The van der Waals surface area contributed by atoms with Crippen molar-refractivity contribution < 1.29 is 9.32 Å². The lowest BCUT2D eigenvalue weighted by molar-refractivity contribution is -0.113. The molecule has 0 aliphatic carbocycles. The molecule has 3 rings (SSSR count). The Morgan fingerprint density at radius 2 is 2.03 bits per heavy atom. The Balaban J connectivity index is 1.77. The van der Waals surface area contributed by atoms with Crippen LogP contribution in [0.3, 0.4) is 0 Å². The van der Waals surface area contributed by atoms with Crippen LogP contribution >= 0.6 is 11.8 Å². The molecule has 1 N–H and O–H groups in total. The van der Waals surface area contributed by atoms with Crippen molar-refractivity contribution in [3.05, 3.63) is 53.5 Å². The largest absolute Gasteiger partial charge is 0.360 e. The monoisotopic (exact) mass is 414 g/mol. The van der Waals surface area contributed by atoms with Gasteiger partial charge in [-0.3, -0.25) is 9.69 Å². The minimum Gasteiger partial charge on any atom is -0.360 e. The Labute approximate surface area is 174 Å². The molecule has 1 amide bonds. The van der Waals surface area contributed by atoms with Crippen LogP contribution < -0.4 is 5.32 Å². The van der Waals surface area contributed by atoms with E-state index in [1.165, 1.54) is 11.8 Å². The summed E-state index contributed by atoms with van der Waals surface area (Å²) in [6.07, 6.45) is 0.913. The quantitative estimate of drug-likeness (QED) is 0.537. The Bertz CT molecular complexity index is 938. The molecule has 0 fully saturated rings. The number of carbonyl (C=O) groups excluding carboxylic acids is 1. The first-order valence-corrected chi connectivity index (χ1v) is 10.5. The molecule has 3 aromatic rings. The van der Waals surface area contributed by atoms with Crippen molar-refractivity contribution in [2.75, 3.05) is 25.2 Å². The van der Waals surface area contributed by atoms with Crippen LogP contribution in [0.15, 0.2) is 46.1 Å². The van der Waals surface area contributed by atoms with Crippen LogP contribution in [0.1, 0.15) is 36.5 Å². The Morgan fingerprint density at radius 3 is 2.66 bits per heavy atom. The summed E-state index contributed by atoms with van der Waals surface area (Å²) < 4.78 is 7.07. The minimum absolute atomic E-state index is 0.146. The van der Waals surface area contributed by atoms with Gasteiger partial charge in [-0.15, -0.1) is 10.2 Å². The summed E-state index contributed by atoms with van der Waals surface area (Å²) in [6, 6.07) is 12.0. The number of nitrogens with zero attached hydrogens (tertiary/aromatic N) is 5. The molecule has 2 heterocycles. The fourth-order valence-corrected chi connectivity index (χ4v) is 3.83. The van der Waals surface area contributed by atoms with Gasteiger partial charge in [0.2, 0.25) is 5.91 Å². The second kappa shape index (κ2) is 9.71. The van der Waals surface area contributed by atoms with Crippen molar-refractivity contribution in [3.63, 3.8) is 0 Å². The molecule has 0 saturated heterocycles. The van der Waals surface area contributed by atoms with Crippen LogP contribution in [0.25, 0.3) is 0 Å². The number of aromatic nitrogens is 4. The number of nitrogens with one attached hydrogen (secondary N) is 1. The zero-order chi connectivity index (χ0) is 20.8. The van der Waals surface area contributed by atoms with E-state index in [9.17, 15) is 4.79 Å². The number of benzene rings is 1. The maximum absolute atomic E-state index is 12.3. The zero-order valence-electron chi connectivity index (χ0n) is 17.1. The van der Waals surface area contributed by atoms with Gasteiger partial charge in [-0.2, -0.15) is 0 Å². The first kappa shape index (κ1) is 21.1. The third-order valence-corrected chi connectivity index (χ3v) is 5.43. The topological polar surface area (TPSA) is 89.1 Å². The molecular formula is C20H26N6O2S. The summed E-state index contributed by atoms with van der Waals surface area (Å²) in [6.45, 7) is 4.56. The van der Waals surface area contributed by atoms with E-state index in [2.05, 4.69) is 49.2 Å². The number of amides is 1. The molecule has 0 radical (unpaired) electrons. The van der Waals surface area contributed by atoms with Crippen molar-refractivity contribution in [1.29, 1.82) is 0 Å². The second-order valence-corrected chi connectivity index (χ2v) is 7.90. The van der Waals surface area contributed by atoms with E-state index in [4.69, 9.17) is 4.52 Å². The highest BCUT2D eigenvalue weighted by Gasteiger charge is 2.22. The van der Waals surface area contributed by atoms with Crippen molar-refractivity contribution >= 4 is 23.5 Å². The van der Waals surface area contributed by atoms with E-state index in [0.29, 0.717) is 18.1 Å². The zero-order valence-corrected chi connectivity index (χ0v) is 17.9. The second-order valence-electron chi connectivity index (χ2n) is 6.96. The highest BCUT2D eigenvalue weighted by Crippen LogP contribution is 2.26. The summed E-state index contributed by atoms with van der Waals surface area (Å²) >= 11 is 1.36. The van der Waals surface area contributed by atoms with Gasteiger partial charge in [0.25, 0.3) is 0 Å². The predicted octanol–water partition coefficient (Wildman–Crippen LogP) is 3.37. The van der Waals surface area contributed by atoms with E-state index in [0.717, 1.165) is 23.0 Å². The number of aryl methyl sites for hydroxylation is 1. The lowest BCUT2D eigenvalue weighted by Crippen LogP contribution is -2.23. The molecule has 1 aromatic carbocycles. The number of carbonyl (C=O) groups is 1. The van der Waals surface area contributed by atoms with Crippen LogP contribution in [0.5, 0.6) is 0 Å². The number of rotatable bonds is 9. The summed E-state index contributed by atoms with van der Waals surface area (Å²) in [7, 11) is 4.08. The van der Waals surface area contributed by atoms with Gasteiger partial charge in [-0.05, 0) is 33.0 Å². The molecule has 8 nitrogen and oxygen atoms in total. The van der Waals surface area contributed by atoms with Crippen LogP contribution in [0.4, 0.5) is 5.82 Å². The standard InChI is InChI=1S/C20H26N6O2S/c1-5-16(25(3)4)19-22-23-20(26(19)12-15-9-7-6-8-10-15)29-13-18(27)21-17-11-14(2)28-24-17/h6-11,16H,5,12-13H2,1-4H3,(H,21,24,27). The van der Waals surface area contributed by atoms with E-state index in [1.807, 2.05) is 32.3 Å². The number of thioether (sulfide) groups is 1. The molecule has 0 spiro atoms. The maximum Gasteiger partial charge on any atom is 0.236 e. The van der Waals surface area contributed by atoms with E-state index in [-0.39, 0.29) is 17.7 Å². The highest BCUT2D eigenvalue weighted by molar-refractivity contribution is 7.99. The third kappa shape index (κ3) is 5.45. The summed E-state index contributed by atoms with van der Waals surface area (Å²) in [5, 5.41) is 16.1. The van der Waals surface area contributed by atoms with Crippen molar-refractivity contribution in [3.8, 4) is 0 Å². The number of hydrogen-bond acceptors (Lipinski definition) is 7. The highest BCUT2D eigenvalue weighted by atomic mass is 32.2. The van der Waals surface area contributed by atoms with Gasteiger partial charge >= 0.3 is 0 Å². The normalized spacial score (nSPS) is 12.3. The molecule has 9 heteroatoms. The average molecular weight is 415 g/mol. The Morgan fingerprint density at radius 1 is 1.28 bits per heavy atom. The minimum atomic E-state index is -0.168. The molecule has 0 bridgehead atoms. The molecule has 1 atom stereocenters. The van der Waals surface area contributed by atoms with Crippen LogP contribution in [0.2, 0.25) is 0 Å². The number of hydrogen-bond donors (Lipinski definition) is 1. The van der Waals surface area contributed by atoms with Crippen molar-refractivity contribution in [2.24, 2.45) is 0 Å². The van der Waals surface area contributed by atoms with Gasteiger partial charge in [-0.25, -0.2) is 0 Å². The number of anilines is 1. The van der Waals surface area contributed by atoms with Crippen molar-refractivity contribution in [1.82, 2.24) is 24.8 Å². The Kier molecular flexibility index (Phi) is 7.05. The van der Waals surface area contributed by atoms with E-state index < -0.39 is 0 Å². The molecule has 1 unspecified atom stereocenters. The predicted molar refractivity (Wildman–Crippen MR) is 113 cm³/mol. The van der Waals surface area contributed by atoms with Gasteiger partial charge in [0.15, 0.2) is 16.8 Å². The van der Waals surface area contributed by atoms with Crippen LogP contribution in [0, 0.1) is 6.92 Å². The first-order valence-electron chi connectivity index (χ1n) is 9.47. The van der Waals surface area contributed by atoms with Crippen LogP contribution in [-0.4, -0.2) is 50.6 Å². The fourth-order valence-electron chi connectivity index (χ4n) is 3.08. The van der Waals surface area contributed by atoms with Gasteiger partial charge in [0.1, 0.15) is 5.76 Å². The SMILES string of the molecule is CCC(c1nnc(SCC(=O)Nc2cc(C)on2)n1Cc1ccccc1)N(C)C. The molecular weight excluding hydrogens is 388 g/mol. The average Bonchev–Trinajstić information content (AvgIpc) is 3.28. The lowest BCUT2D eigenvalue weighted by Gasteiger charge is -2.23. The fraction of sp³-hybridized carbons (Fsp3) is 0.400. The summed E-state index contributed by atoms with van der Waals surface area (Å²) in [4.78, 5) is 14.4. The summed E-state index contributed by atoms with van der Waals surface area (Å²) in [5.41, 5.74) is 1.16. The molecule has 2 aromatic heterocycles. The van der Waals surface area contributed by atoms with E-state index in [1.54, 1.807) is 13.0 Å². The Hall–Kier alpha value is -2.65. The summed E-state index contributed by atoms with van der Waals surface area (Å²) in [5.74, 6) is 2.00. The maximum atomic E-state index is 12.3. The van der Waals surface area contributed by atoms with Gasteiger partial charge < -0.3 is 14.4 Å². The lowest BCUT2D eigenvalue weighted by atomic mass is 10.2. The van der Waals surface area contributed by atoms with E-state index >= 15 is 0 Å². The van der Waals surface area contributed by atoms with Gasteiger partial charge in [0, 0.05) is 6.07 Å². The molecule has 154 valence electrons. The smallest absolute Gasteiger partial charge is 0.236 e. The molecule has 0 aliphatic heterocycles.